The van der Waals surface area contributed by atoms with Crippen LogP contribution in [0, 0.1) is 5.92 Å². The maximum atomic E-state index is 13.7. The average molecular weight is 570 g/mol. The standard InChI is InChI=1S/C27H37ClN4O3S.ClH/c1-30-8-4-22(5-9-30)31-10-12-32(13-11-31)27(34)23(16-19-6-14-35-15-7-19)29-26(33)25-17-20-2-3-21(28)18-24(20)36-25;/h2-3,17-19,22-23H,4-16H2,1H3,(H,29,33);1H. The van der Waals surface area contributed by atoms with Gasteiger partial charge in [0.15, 0.2) is 0 Å². The number of amides is 2. The Morgan fingerprint density at radius 3 is 2.46 bits per heavy atom. The molecule has 1 unspecified atom stereocenters. The molecule has 2 amide bonds. The van der Waals surface area contributed by atoms with E-state index in [0.717, 1.165) is 75.4 Å². The average Bonchev–Trinajstić information content (AvgIpc) is 3.32. The molecule has 3 fully saturated rings. The Kier molecular flexibility index (Phi) is 10.1. The smallest absolute Gasteiger partial charge is 0.262 e. The van der Waals surface area contributed by atoms with Crippen LogP contribution in [0.15, 0.2) is 24.3 Å². The topological polar surface area (TPSA) is 65.1 Å². The number of nitrogens with one attached hydrogen (secondary N) is 1. The Morgan fingerprint density at radius 2 is 1.76 bits per heavy atom. The molecular formula is C27H38Cl2N4O3S. The van der Waals surface area contributed by atoms with E-state index >= 15 is 0 Å². The number of hydrogen-bond donors (Lipinski definition) is 1. The van der Waals surface area contributed by atoms with E-state index in [9.17, 15) is 9.59 Å². The van der Waals surface area contributed by atoms with Crippen LogP contribution in [-0.4, -0.2) is 98.1 Å². The van der Waals surface area contributed by atoms with Gasteiger partial charge in [0.1, 0.15) is 6.04 Å². The van der Waals surface area contributed by atoms with E-state index in [2.05, 4.69) is 22.2 Å². The van der Waals surface area contributed by atoms with Crippen molar-refractivity contribution >= 4 is 57.2 Å². The van der Waals surface area contributed by atoms with E-state index in [1.807, 2.05) is 29.2 Å². The molecule has 3 aliphatic rings. The van der Waals surface area contributed by atoms with Crippen molar-refractivity contribution < 1.29 is 14.3 Å². The Balaban J connectivity index is 0.00000320. The van der Waals surface area contributed by atoms with Gasteiger partial charge >= 0.3 is 0 Å². The predicted octanol–water partition coefficient (Wildman–Crippen LogP) is 4.13. The quantitative estimate of drug-likeness (QED) is 0.567. The van der Waals surface area contributed by atoms with Gasteiger partial charge in [-0.1, -0.05) is 17.7 Å². The number of carbonyl (C=O) groups excluding carboxylic acids is 2. The molecule has 2 aromatic rings. The molecule has 5 rings (SSSR count). The predicted molar refractivity (Wildman–Crippen MR) is 152 cm³/mol. The number of piperazine rings is 1. The van der Waals surface area contributed by atoms with Crippen LogP contribution >= 0.6 is 35.3 Å². The van der Waals surface area contributed by atoms with Crippen molar-refractivity contribution in [1.29, 1.82) is 0 Å². The zero-order chi connectivity index (χ0) is 25.1. The van der Waals surface area contributed by atoms with Gasteiger partial charge in [-0.25, -0.2) is 0 Å². The van der Waals surface area contributed by atoms with Crippen molar-refractivity contribution in [2.24, 2.45) is 5.92 Å². The minimum absolute atomic E-state index is 0. The number of thiophene rings is 1. The summed E-state index contributed by atoms with van der Waals surface area (Å²) in [7, 11) is 2.19. The fourth-order valence-electron chi connectivity index (χ4n) is 5.77. The van der Waals surface area contributed by atoms with E-state index in [-0.39, 0.29) is 24.2 Å². The number of rotatable bonds is 6. The molecule has 204 valence electrons. The van der Waals surface area contributed by atoms with Gasteiger partial charge in [0.05, 0.1) is 4.88 Å². The molecule has 10 heteroatoms. The fraction of sp³-hybridized carbons (Fsp3) is 0.630. The summed E-state index contributed by atoms with van der Waals surface area (Å²) in [5, 5.41) is 4.77. The molecule has 37 heavy (non-hydrogen) atoms. The number of likely N-dealkylation sites (tertiary alicyclic amines) is 1. The SMILES string of the molecule is CN1CCC(N2CCN(C(=O)C(CC3CCOCC3)NC(=O)c3cc4ccc(Cl)cc4s3)CC2)CC1.Cl. The van der Waals surface area contributed by atoms with Gasteiger partial charge in [0, 0.05) is 55.2 Å². The Morgan fingerprint density at radius 1 is 1.05 bits per heavy atom. The van der Waals surface area contributed by atoms with Crippen LogP contribution in [0.5, 0.6) is 0 Å². The van der Waals surface area contributed by atoms with E-state index in [4.69, 9.17) is 16.3 Å². The molecule has 1 N–H and O–H groups in total. The molecule has 1 aromatic heterocycles. The third kappa shape index (κ3) is 7.16. The summed E-state index contributed by atoms with van der Waals surface area (Å²) in [4.78, 5) is 34.5. The fourth-order valence-corrected chi connectivity index (χ4v) is 7.01. The highest BCUT2D eigenvalue weighted by Gasteiger charge is 2.33. The summed E-state index contributed by atoms with van der Waals surface area (Å²) in [6.07, 6.45) is 4.94. The maximum absolute atomic E-state index is 13.7. The molecule has 0 spiro atoms. The number of carbonyl (C=O) groups is 2. The van der Waals surface area contributed by atoms with Crippen molar-refractivity contribution in [2.45, 2.75) is 44.2 Å². The number of benzene rings is 1. The summed E-state index contributed by atoms with van der Waals surface area (Å²) < 4.78 is 6.50. The Hall–Kier alpha value is -1.42. The highest BCUT2D eigenvalue weighted by molar-refractivity contribution is 7.20. The molecule has 1 aromatic carbocycles. The molecule has 0 radical (unpaired) electrons. The Bertz CT molecular complexity index is 1060. The first kappa shape index (κ1) is 28.6. The minimum atomic E-state index is -0.510. The van der Waals surface area contributed by atoms with Crippen LogP contribution in [-0.2, 0) is 9.53 Å². The second kappa shape index (κ2) is 13.1. The molecule has 0 aliphatic carbocycles. The van der Waals surface area contributed by atoms with Crippen molar-refractivity contribution in [3.63, 3.8) is 0 Å². The highest BCUT2D eigenvalue weighted by Crippen LogP contribution is 2.29. The lowest BCUT2D eigenvalue weighted by Gasteiger charge is -2.43. The zero-order valence-corrected chi connectivity index (χ0v) is 23.9. The van der Waals surface area contributed by atoms with E-state index in [1.165, 1.54) is 24.2 Å². The van der Waals surface area contributed by atoms with Gasteiger partial charge in [-0.2, -0.15) is 0 Å². The normalized spacial score (nSPS) is 21.5. The lowest BCUT2D eigenvalue weighted by atomic mass is 9.91. The van der Waals surface area contributed by atoms with Crippen molar-refractivity contribution in [3.8, 4) is 0 Å². The number of piperidine rings is 1. The van der Waals surface area contributed by atoms with Gasteiger partial charge in [0.2, 0.25) is 5.91 Å². The van der Waals surface area contributed by atoms with Crippen molar-refractivity contribution in [1.82, 2.24) is 20.0 Å². The van der Waals surface area contributed by atoms with Crippen LogP contribution in [0.4, 0.5) is 0 Å². The molecule has 1 atom stereocenters. The zero-order valence-electron chi connectivity index (χ0n) is 21.5. The minimum Gasteiger partial charge on any atom is -0.381 e. The Labute approximate surface area is 234 Å². The monoisotopic (exact) mass is 568 g/mol. The van der Waals surface area contributed by atoms with Gasteiger partial charge in [0.25, 0.3) is 5.91 Å². The summed E-state index contributed by atoms with van der Waals surface area (Å²) in [5.74, 6) is 0.263. The van der Waals surface area contributed by atoms with Crippen LogP contribution in [0.3, 0.4) is 0 Å². The number of hydrogen-bond acceptors (Lipinski definition) is 6. The van der Waals surface area contributed by atoms with Gasteiger partial charge in [-0.05, 0) is 81.7 Å². The van der Waals surface area contributed by atoms with E-state index in [1.54, 1.807) is 0 Å². The van der Waals surface area contributed by atoms with Crippen molar-refractivity contribution in [3.05, 3.63) is 34.2 Å². The molecular weight excluding hydrogens is 531 g/mol. The highest BCUT2D eigenvalue weighted by atomic mass is 35.5. The molecule has 0 bridgehead atoms. The lowest BCUT2D eigenvalue weighted by molar-refractivity contribution is -0.136. The summed E-state index contributed by atoms with van der Waals surface area (Å²) >= 11 is 7.55. The van der Waals surface area contributed by atoms with Crippen LogP contribution in [0.25, 0.3) is 10.1 Å². The first-order valence-corrected chi connectivity index (χ1v) is 14.4. The molecule has 7 nitrogen and oxygen atoms in total. The number of nitrogens with zero attached hydrogens (tertiary/aromatic N) is 3. The van der Waals surface area contributed by atoms with Gasteiger partial charge in [-0.15, -0.1) is 23.7 Å². The first-order valence-electron chi connectivity index (χ1n) is 13.3. The van der Waals surface area contributed by atoms with E-state index < -0.39 is 6.04 Å². The van der Waals surface area contributed by atoms with Crippen LogP contribution in [0.1, 0.15) is 41.8 Å². The second-order valence-electron chi connectivity index (χ2n) is 10.5. The number of ether oxygens (including phenoxy) is 1. The number of halogens is 2. The summed E-state index contributed by atoms with van der Waals surface area (Å²) in [6, 6.07) is 7.65. The maximum Gasteiger partial charge on any atom is 0.262 e. The lowest BCUT2D eigenvalue weighted by Crippen LogP contribution is -2.57. The van der Waals surface area contributed by atoms with Gasteiger partial charge in [-0.3, -0.25) is 14.5 Å². The number of fused-ring (bicyclic) bond motifs is 1. The van der Waals surface area contributed by atoms with E-state index in [0.29, 0.717) is 28.3 Å². The summed E-state index contributed by atoms with van der Waals surface area (Å²) in [6.45, 7) is 7.03. The third-order valence-electron chi connectivity index (χ3n) is 8.05. The molecule has 4 heterocycles. The van der Waals surface area contributed by atoms with Gasteiger partial charge < -0.3 is 19.9 Å². The molecule has 3 saturated heterocycles. The second-order valence-corrected chi connectivity index (χ2v) is 12.0. The van der Waals surface area contributed by atoms with Crippen LogP contribution < -0.4 is 5.32 Å². The molecule has 0 saturated carbocycles. The third-order valence-corrected chi connectivity index (χ3v) is 9.38. The first-order chi connectivity index (χ1) is 17.5. The largest absolute Gasteiger partial charge is 0.381 e. The molecule has 3 aliphatic heterocycles. The van der Waals surface area contributed by atoms with Crippen molar-refractivity contribution in [2.75, 3.05) is 59.5 Å². The summed E-state index contributed by atoms with van der Waals surface area (Å²) in [5.41, 5.74) is 0. The van der Waals surface area contributed by atoms with Crippen LogP contribution in [0.2, 0.25) is 5.02 Å².